The Kier molecular flexibility index (Phi) is 3.86. The Bertz CT molecular complexity index is 726. The molecule has 0 bridgehead atoms. The highest BCUT2D eigenvalue weighted by molar-refractivity contribution is 7.71. The zero-order chi connectivity index (χ0) is 14.2. The summed E-state index contributed by atoms with van der Waals surface area (Å²) in [6.45, 7) is 5.41. The molecular formula is C12H15N3O2S2. The van der Waals surface area contributed by atoms with E-state index in [1.807, 2.05) is 19.2 Å². The van der Waals surface area contributed by atoms with E-state index in [2.05, 4.69) is 10.3 Å². The first-order chi connectivity index (χ1) is 8.91. The number of H-pyrrole nitrogens is 1. The average Bonchev–Trinajstić information content (AvgIpc) is 2.76. The van der Waals surface area contributed by atoms with Gasteiger partial charge < -0.3 is 10.3 Å². The highest BCUT2D eigenvalue weighted by Gasteiger charge is 2.19. The van der Waals surface area contributed by atoms with E-state index in [0.717, 1.165) is 0 Å². The first-order valence-corrected chi connectivity index (χ1v) is 7.23. The van der Waals surface area contributed by atoms with Crippen molar-refractivity contribution in [2.45, 2.75) is 32.9 Å². The minimum Gasteiger partial charge on any atom is -0.352 e. The fourth-order valence-corrected chi connectivity index (χ4v) is 2.96. The number of fused-ring (bicyclic) bond motifs is 1. The van der Waals surface area contributed by atoms with Gasteiger partial charge in [0.2, 0.25) is 5.91 Å². The third-order valence-corrected chi connectivity index (χ3v) is 3.94. The SMILES string of the molecule is CC(C)NC(=O)C(C)n1c(=S)[nH]c2ccsc2c1=O. The molecule has 2 rings (SSSR count). The number of amides is 1. The van der Waals surface area contributed by atoms with Gasteiger partial charge in [-0.25, -0.2) is 0 Å². The topological polar surface area (TPSA) is 66.9 Å². The van der Waals surface area contributed by atoms with Crippen LogP contribution >= 0.6 is 23.6 Å². The molecule has 2 heterocycles. The van der Waals surface area contributed by atoms with Crippen molar-refractivity contribution in [1.29, 1.82) is 0 Å². The van der Waals surface area contributed by atoms with E-state index in [0.29, 0.717) is 10.2 Å². The second kappa shape index (κ2) is 5.26. The first-order valence-electron chi connectivity index (χ1n) is 5.94. The number of nitrogens with zero attached hydrogens (tertiary/aromatic N) is 1. The average molecular weight is 297 g/mol. The lowest BCUT2D eigenvalue weighted by Gasteiger charge is -2.17. The second-order valence-corrected chi connectivity index (χ2v) is 5.91. The molecule has 0 radical (unpaired) electrons. The fraction of sp³-hybridized carbons (Fsp3) is 0.417. The number of aromatic amines is 1. The highest BCUT2D eigenvalue weighted by atomic mass is 32.1. The molecular weight excluding hydrogens is 282 g/mol. The molecule has 0 aliphatic heterocycles. The van der Waals surface area contributed by atoms with E-state index in [4.69, 9.17) is 12.2 Å². The lowest BCUT2D eigenvalue weighted by atomic mass is 10.2. The second-order valence-electron chi connectivity index (χ2n) is 4.61. The van der Waals surface area contributed by atoms with Gasteiger partial charge in [-0.05, 0) is 44.4 Å². The quantitative estimate of drug-likeness (QED) is 0.854. The number of hydrogen-bond acceptors (Lipinski definition) is 4. The monoisotopic (exact) mass is 297 g/mol. The Hall–Kier alpha value is -1.47. The molecule has 1 amide bonds. The summed E-state index contributed by atoms with van der Waals surface area (Å²) in [5.74, 6) is -0.215. The van der Waals surface area contributed by atoms with Crippen molar-refractivity contribution in [1.82, 2.24) is 14.9 Å². The lowest BCUT2D eigenvalue weighted by Crippen LogP contribution is -2.39. The van der Waals surface area contributed by atoms with Gasteiger partial charge >= 0.3 is 0 Å². The van der Waals surface area contributed by atoms with Crippen LogP contribution in [0.4, 0.5) is 0 Å². The number of rotatable bonds is 3. The van der Waals surface area contributed by atoms with Crippen LogP contribution in [0, 0.1) is 4.77 Å². The van der Waals surface area contributed by atoms with Gasteiger partial charge in [0.1, 0.15) is 10.7 Å². The summed E-state index contributed by atoms with van der Waals surface area (Å²) in [6.07, 6.45) is 0. The van der Waals surface area contributed by atoms with Crippen molar-refractivity contribution in [3.8, 4) is 0 Å². The van der Waals surface area contributed by atoms with Crippen molar-refractivity contribution >= 4 is 39.7 Å². The fourth-order valence-electron chi connectivity index (χ4n) is 1.82. The van der Waals surface area contributed by atoms with Gasteiger partial charge in [-0.15, -0.1) is 11.3 Å². The number of thiophene rings is 1. The maximum absolute atomic E-state index is 12.3. The Morgan fingerprint density at radius 2 is 2.16 bits per heavy atom. The predicted octanol–water partition coefficient (Wildman–Crippen LogP) is 2.21. The number of hydrogen-bond donors (Lipinski definition) is 2. The summed E-state index contributed by atoms with van der Waals surface area (Å²) in [5, 5.41) is 4.60. The van der Waals surface area contributed by atoms with Gasteiger partial charge in [0.25, 0.3) is 5.56 Å². The minimum absolute atomic E-state index is 0.0219. The molecule has 2 aromatic rings. The van der Waals surface area contributed by atoms with E-state index in [1.54, 1.807) is 13.0 Å². The number of carbonyl (C=O) groups is 1. The number of carbonyl (C=O) groups excluding carboxylic acids is 1. The molecule has 5 nitrogen and oxygen atoms in total. The lowest BCUT2D eigenvalue weighted by molar-refractivity contribution is -0.124. The molecule has 2 aromatic heterocycles. The van der Waals surface area contributed by atoms with E-state index >= 15 is 0 Å². The molecule has 0 saturated carbocycles. The summed E-state index contributed by atoms with van der Waals surface area (Å²) < 4.78 is 2.17. The maximum Gasteiger partial charge on any atom is 0.272 e. The van der Waals surface area contributed by atoms with E-state index in [1.165, 1.54) is 15.9 Å². The molecule has 102 valence electrons. The van der Waals surface area contributed by atoms with Crippen LogP contribution in [-0.2, 0) is 4.79 Å². The van der Waals surface area contributed by atoms with Crippen LogP contribution in [-0.4, -0.2) is 21.5 Å². The molecule has 0 spiro atoms. The van der Waals surface area contributed by atoms with Gasteiger partial charge in [-0.3, -0.25) is 14.2 Å². The van der Waals surface area contributed by atoms with Crippen molar-refractivity contribution in [3.63, 3.8) is 0 Å². The number of nitrogens with one attached hydrogen (secondary N) is 2. The number of aromatic nitrogens is 2. The molecule has 7 heteroatoms. The normalized spacial score (nSPS) is 12.8. The molecule has 19 heavy (non-hydrogen) atoms. The predicted molar refractivity (Wildman–Crippen MR) is 79.3 cm³/mol. The van der Waals surface area contributed by atoms with Crippen LogP contribution in [0.25, 0.3) is 10.2 Å². The molecule has 2 N–H and O–H groups in total. The molecule has 1 unspecified atom stereocenters. The van der Waals surface area contributed by atoms with Gasteiger partial charge in [0.15, 0.2) is 4.77 Å². The van der Waals surface area contributed by atoms with Crippen LogP contribution in [0.5, 0.6) is 0 Å². The molecule has 0 aliphatic rings. The van der Waals surface area contributed by atoms with Crippen LogP contribution < -0.4 is 10.9 Å². The van der Waals surface area contributed by atoms with Crippen LogP contribution in [0.15, 0.2) is 16.2 Å². The van der Waals surface area contributed by atoms with Crippen LogP contribution in [0.1, 0.15) is 26.8 Å². The minimum atomic E-state index is -0.634. The van der Waals surface area contributed by atoms with Gasteiger partial charge in [0, 0.05) is 6.04 Å². The van der Waals surface area contributed by atoms with E-state index < -0.39 is 6.04 Å². The Balaban J connectivity index is 2.53. The molecule has 0 fully saturated rings. The van der Waals surface area contributed by atoms with Crippen LogP contribution in [0.3, 0.4) is 0 Å². The summed E-state index contributed by atoms with van der Waals surface area (Å²) >= 11 is 6.51. The summed E-state index contributed by atoms with van der Waals surface area (Å²) in [4.78, 5) is 27.3. The third-order valence-electron chi connectivity index (χ3n) is 2.74. The molecule has 0 saturated heterocycles. The van der Waals surface area contributed by atoms with Crippen molar-refractivity contribution in [2.75, 3.05) is 0 Å². The molecule has 0 aliphatic carbocycles. The smallest absolute Gasteiger partial charge is 0.272 e. The standard InChI is InChI=1S/C12H15N3O2S2/c1-6(2)13-10(16)7(3)15-11(17)9-8(4-5-19-9)14-12(15)18/h4-7H,1-3H3,(H,13,16)(H,14,18). The van der Waals surface area contributed by atoms with E-state index in [9.17, 15) is 9.59 Å². The van der Waals surface area contributed by atoms with Crippen molar-refractivity contribution in [3.05, 3.63) is 26.6 Å². The van der Waals surface area contributed by atoms with E-state index in [-0.39, 0.29) is 22.3 Å². The van der Waals surface area contributed by atoms with Gasteiger partial charge in [-0.1, -0.05) is 0 Å². The Morgan fingerprint density at radius 3 is 2.79 bits per heavy atom. The Morgan fingerprint density at radius 1 is 1.47 bits per heavy atom. The zero-order valence-corrected chi connectivity index (χ0v) is 12.5. The summed E-state index contributed by atoms with van der Waals surface area (Å²) in [7, 11) is 0. The summed E-state index contributed by atoms with van der Waals surface area (Å²) in [6, 6.07) is 1.19. The summed E-state index contributed by atoms with van der Waals surface area (Å²) in [5.41, 5.74) is 0.493. The highest BCUT2D eigenvalue weighted by Crippen LogP contribution is 2.15. The molecule has 1 atom stereocenters. The first kappa shape index (κ1) is 14.0. The van der Waals surface area contributed by atoms with Crippen LogP contribution in [0.2, 0.25) is 0 Å². The Labute approximate surface area is 119 Å². The zero-order valence-electron chi connectivity index (χ0n) is 10.9. The molecule has 0 aromatic carbocycles. The van der Waals surface area contributed by atoms with Crippen molar-refractivity contribution < 1.29 is 4.79 Å². The van der Waals surface area contributed by atoms with Gasteiger partial charge in [-0.2, -0.15) is 0 Å². The third kappa shape index (κ3) is 2.62. The maximum atomic E-state index is 12.3. The largest absolute Gasteiger partial charge is 0.352 e. The van der Waals surface area contributed by atoms with Crippen molar-refractivity contribution in [2.24, 2.45) is 0 Å². The van der Waals surface area contributed by atoms with Gasteiger partial charge in [0.05, 0.1) is 5.52 Å².